The van der Waals surface area contributed by atoms with E-state index in [1.54, 1.807) is 46.3 Å². The number of halogens is 2. The lowest BCUT2D eigenvalue weighted by molar-refractivity contribution is -0.148. The van der Waals surface area contributed by atoms with E-state index in [4.69, 9.17) is 10.5 Å². The Morgan fingerprint density at radius 2 is 1.78 bits per heavy atom. The SMILES string of the molecule is COCCCNCC(=O)Nc1cc(N(C)C)c2c(c1O)C(=O)C1=C(O)[C@]3(O)C(=O)C(C(N)=O)=C(O)[C@@H](N(C)C)C3CC1C2.Cl.Cl. The van der Waals surface area contributed by atoms with Gasteiger partial charge in [-0.1, -0.05) is 0 Å². The fourth-order valence-electron chi connectivity index (χ4n) is 6.53. The largest absolute Gasteiger partial charge is 0.510 e. The number of methoxy groups -OCH3 is 1. The highest BCUT2D eigenvalue weighted by molar-refractivity contribution is 6.25. The van der Waals surface area contributed by atoms with Gasteiger partial charge in [0.15, 0.2) is 17.1 Å². The van der Waals surface area contributed by atoms with Crippen LogP contribution in [0.5, 0.6) is 5.75 Å². The first-order valence-electron chi connectivity index (χ1n) is 13.9. The number of aromatic hydroxyl groups is 1. The Morgan fingerprint density at radius 3 is 2.33 bits per heavy atom. The number of phenols is 1. The zero-order chi connectivity index (χ0) is 32.0. The van der Waals surface area contributed by atoms with Crippen LogP contribution in [-0.2, 0) is 25.5 Å². The zero-order valence-corrected chi connectivity index (χ0v) is 27.3. The van der Waals surface area contributed by atoms with Crippen LogP contribution in [0.4, 0.5) is 11.4 Å². The highest BCUT2D eigenvalue weighted by atomic mass is 35.5. The van der Waals surface area contributed by atoms with Gasteiger partial charge in [0.2, 0.25) is 11.7 Å². The molecular weight excluding hydrogens is 633 g/mol. The maximum Gasteiger partial charge on any atom is 0.255 e. The summed E-state index contributed by atoms with van der Waals surface area (Å²) in [5, 5.41) is 51.0. The van der Waals surface area contributed by atoms with Crippen LogP contribution in [0.1, 0.15) is 28.8 Å². The van der Waals surface area contributed by atoms with Crippen molar-refractivity contribution in [2.24, 2.45) is 17.6 Å². The van der Waals surface area contributed by atoms with Crippen molar-refractivity contribution in [2.45, 2.75) is 30.9 Å². The van der Waals surface area contributed by atoms with Crippen molar-refractivity contribution < 1.29 is 44.3 Å². The summed E-state index contributed by atoms with van der Waals surface area (Å²) >= 11 is 0. The average molecular weight is 675 g/mol. The van der Waals surface area contributed by atoms with Gasteiger partial charge in [0.05, 0.1) is 23.8 Å². The Hall–Kier alpha value is -3.40. The highest BCUT2D eigenvalue weighted by Crippen LogP contribution is 2.53. The molecule has 1 aromatic carbocycles. The number of anilines is 2. The summed E-state index contributed by atoms with van der Waals surface area (Å²) < 4.78 is 4.98. The minimum Gasteiger partial charge on any atom is -0.510 e. The predicted molar refractivity (Wildman–Crippen MR) is 170 cm³/mol. The molecule has 0 radical (unpaired) electrons. The molecule has 2 amide bonds. The van der Waals surface area contributed by atoms with Crippen LogP contribution in [-0.4, -0.2) is 115 Å². The molecule has 3 aliphatic rings. The number of aliphatic hydroxyl groups excluding tert-OH is 2. The number of allylic oxidation sites excluding steroid dienone is 1. The molecule has 0 aliphatic heterocycles. The van der Waals surface area contributed by atoms with Gasteiger partial charge < -0.3 is 46.4 Å². The number of phenolic OH excluding ortho intramolecular Hbond substituents is 1. The molecule has 16 heteroatoms. The highest BCUT2D eigenvalue weighted by Gasteiger charge is 2.63. The number of Topliss-reactive ketones (excluding diaryl/α,β-unsaturated/α-hetero) is 2. The maximum atomic E-state index is 14.1. The van der Waals surface area contributed by atoms with E-state index in [2.05, 4.69) is 10.6 Å². The molecule has 0 heterocycles. The second-order valence-corrected chi connectivity index (χ2v) is 11.6. The van der Waals surface area contributed by atoms with Crippen LogP contribution < -0.4 is 21.3 Å². The average Bonchev–Trinajstić information content (AvgIpc) is 2.91. The first-order chi connectivity index (χ1) is 20.2. The molecular formula is C29H41Cl2N5O9. The smallest absolute Gasteiger partial charge is 0.255 e. The van der Waals surface area contributed by atoms with Gasteiger partial charge in [-0.3, -0.25) is 24.1 Å². The van der Waals surface area contributed by atoms with Crippen molar-refractivity contribution in [3.63, 3.8) is 0 Å². The van der Waals surface area contributed by atoms with Crippen LogP contribution in [0.15, 0.2) is 28.7 Å². The number of primary amides is 1. The molecule has 0 spiro atoms. The summed E-state index contributed by atoms with van der Waals surface area (Å²) in [4.78, 5) is 55.6. The summed E-state index contributed by atoms with van der Waals surface area (Å²) in [6, 6.07) is 0.478. The molecule has 2 unspecified atom stereocenters. The van der Waals surface area contributed by atoms with E-state index in [1.165, 1.54) is 4.90 Å². The Balaban J connectivity index is 0.00000353. The Labute approximate surface area is 273 Å². The normalized spacial score (nSPS) is 23.8. The van der Waals surface area contributed by atoms with Gasteiger partial charge in [0.1, 0.15) is 17.1 Å². The van der Waals surface area contributed by atoms with E-state index < -0.39 is 69.7 Å². The van der Waals surface area contributed by atoms with Gasteiger partial charge in [0.25, 0.3) is 5.91 Å². The Kier molecular flexibility index (Phi) is 12.1. The van der Waals surface area contributed by atoms with Gasteiger partial charge in [0, 0.05) is 45.0 Å². The molecule has 0 fully saturated rings. The number of likely N-dealkylation sites (N-methyl/N-ethyl adjacent to an activating group) is 1. The third-order valence-electron chi connectivity index (χ3n) is 8.44. The first-order valence-corrected chi connectivity index (χ1v) is 13.9. The van der Waals surface area contributed by atoms with Crippen molar-refractivity contribution >= 4 is 59.6 Å². The van der Waals surface area contributed by atoms with Crippen molar-refractivity contribution in [3.8, 4) is 5.75 Å². The number of hydrogen-bond donors (Lipinski definition) is 7. The Bertz CT molecular complexity index is 1450. The number of hydrogen-bond acceptors (Lipinski definition) is 12. The monoisotopic (exact) mass is 673 g/mol. The number of nitrogens with zero attached hydrogens (tertiary/aromatic N) is 2. The van der Waals surface area contributed by atoms with Crippen LogP contribution in [0.2, 0.25) is 0 Å². The van der Waals surface area contributed by atoms with Gasteiger partial charge >= 0.3 is 0 Å². The lowest BCUT2D eigenvalue weighted by Gasteiger charge is -2.50. The third-order valence-corrected chi connectivity index (χ3v) is 8.44. The van der Waals surface area contributed by atoms with Crippen LogP contribution in [0.25, 0.3) is 0 Å². The van der Waals surface area contributed by atoms with Crippen molar-refractivity contribution in [3.05, 3.63) is 39.9 Å². The predicted octanol–water partition coefficient (Wildman–Crippen LogP) is 0.595. The number of nitrogens with one attached hydrogen (secondary N) is 2. The standard InChI is InChI=1S/C29H39N5O9.2ClH/c1-33(2)17-11-16(32-18(35)12-31-7-6-8-43-5)23(36)20-14(17)9-13-10-15-22(34(3)4)25(38)21(28(30)41)27(40)29(15,42)26(39)19(13)24(20)37;;/h11,13,15,22,31,36,38-39,42H,6-10,12H2,1-5H3,(H2,30,41)(H,32,35);2*1H/t13?,15?,22-,29-;;/m0../s1. The van der Waals surface area contributed by atoms with E-state index in [1.807, 2.05) is 0 Å². The van der Waals surface area contributed by atoms with Gasteiger partial charge in [-0.15, -0.1) is 24.8 Å². The van der Waals surface area contributed by atoms with Gasteiger partial charge in [-0.25, -0.2) is 0 Å². The number of ether oxygens (including phenoxy) is 1. The van der Waals surface area contributed by atoms with Crippen molar-refractivity contribution in [1.29, 1.82) is 0 Å². The number of ketones is 2. The summed E-state index contributed by atoms with van der Waals surface area (Å²) in [7, 11) is 8.19. The number of amides is 2. The molecule has 0 aromatic heterocycles. The van der Waals surface area contributed by atoms with E-state index in [0.717, 1.165) is 0 Å². The third kappa shape index (κ3) is 6.35. The molecule has 0 bridgehead atoms. The van der Waals surface area contributed by atoms with Crippen LogP contribution in [0, 0.1) is 11.8 Å². The molecule has 4 atom stereocenters. The quantitative estimate of drug-likeness (QED) is 0.103. The number of fused-ring (bicyclic) bond motifs is 3. The minimum atomic E-state index is -2.73. The lowest BCUT2D eigenvalue weighted by atomic mass is 9.58. The fourth-order valence-corrected chi connectivity index (χ4v) is 6.53. The topological polar surface area (TPSA) is 215 Å². The second-order valence-electron chi connectivity index (χ2n) is 11.6. The zero-order valence-electron chi connectivity index (χ0n) is 25.7. The van der Waals surface area contributed by atoms with Gasteiger partial charge in [-0.05, 0) is 57.5 Å². The summed E-state index contributed by atoms with van der Waals surface area (Å²) in [6.07, 6.45) is 0.797. The number of nitrogens with two attached hydrogens (primary N) is 1. The molecule has 250 valence electrons. The molecule has 0 saturated heterocycles. The molecule has 4 rings (SSSR count). The molecule has 14 nitrogen and oxygen atoms in total. The first kappa shape index (κ1) is 37.8. The number of rotatable bonds is 10. The molecule has 0 saturated carbocycles. The van der Waals surface area contributed by atoms with Gasteiger partial charge in [-0.2, -0.15) is 0 Å². The lowest BCUT2D eigenvalue weighted by Crippen LogP contribution is -2.63. The Morgan fingerprint density at radius 1 is 1.13 bits per heavy atom. The summed E-state index contributed by atoms with van der Waals surface area (Å²) in [6.45, 7) is 0.984. The maximum absolute atomic E-state index is 14.1. The number of aliphatic hydroxyl groups is 3. The summed E-state index contributed by atoms with van der Waals surface area (Å²) in [5.41, 5.74) is 2.28. The minimum absolute atomic E-state index is 0. The van der Waals surface area contributed by atoms with Crippen LogP contribution in [0.3, 0.4) is 0 Å². The van der Waals surface area contributed by atoms with E-state index in [0.29, 0.717) is 30.8 Å². The second kappa shape index (κ2) is 14.4. The molecule has 1 aromatic rings. The molecule has 8 N–H and O–H groups in total. The van der Waals surface area contributed by atoms with E-state index in [9.17, 15) is 39.6 Å². The number of carbonyl (C=O) groups is 4. The number of benzene rings is 1. The van der Waals surface area contributed by atoms with E-state index in [-0.39, 0.29) is 61.0 Å². The summed E-state index contributed by atoms with van der Waals surface area (Å²) in [5.74, 6) is -7.83. The van der Waals surface area contributed by atoms with Crippen molar-refractivity contribution in [1.82, 2.24) is 10.2 Å². The molecule has 45 heavy (non-hydrogen) atoms. The molecule has 3 aliphatic carbocycles. The van der Waals surface area contributed by atoms with E-state index >= 15 is 0 Å². The fraction of sp³-hybridized carbons (Fsp3) is 0.517. The number of carbonyl (C=O) groups excluding carboxylic acids is 4. The van der Waals surface area contributed by atoms with Crippen molar-refractivity contribution in [2.75, 3.05) is 65.2 Å². The van der Waals surface area contributed by atoms with Crippen LogP contribution >= 0.6 is 24.8 Å².